The fraction of sp³-hybridized carbons (Fsp3) is 1.00. The van der Waals surface area contributed by atoms with E-state index in [9.17, 15) is 0 Å². The molecule has 0 unspecified atom stereocenters. The molecule has 0 radical (unpaired) electrons. The molecule has 62 valence electrons. The van der Waals surface area contributed by atoms with Crippen LogP contribution in [0.15, 0.2) is 0 Å². The Balaban J connectivity index is 3.58. The predicted molar refractivity (Wildman–Crippen MR) is 62.5 cm³/mol. The largest absolute Gasteiger partial charge is 0.179 e. The van der Waals surface area contributed by atoms with E-state index in [4.69, 9.17) is 0 Å². The van der Waals surface area contributed by atoms with Crippen LogP contribution in [0.3, 0.4) is 0 Å². The smallest absolute Gasteiger partial charge is 0.0305 e. The molecule has 0 aromatic carbocycles. The predicted octanol–water partition coefficient (Wildman–Crippen LogP) is 2.22. The lowest BCUT2D eigenvalue weighted by Gasteiger charge is -2.23. The number of thiol groups is 4. The zero-order chi connectivity index (χ0) is 8.04. The molecule has 0 nitrogen and oxygen atoms in total. The standard InChI is InChI=1S/C6H14S4/c7-3-1-2-6(10,4-8)5-9/h7-10H,1-5H2. The Kier molecular flexibility index (Phi) is 6.81. The van der Waals surface area contributed by atoms with Gasteiger partial charge in [0.25, 0.3) is 0 Å². The zero-order valence-electron chi connectivity index (χ0n) is 5.82. The highest BCUT2D eigenvalue weighted by Crippen LogP contribution is 2.24. The van der Waals surface area contributed by atoms with E-state index in [2.05, 4.69) is 50.5 Å². The van der Waals surface area contributed by atoms with E-state index in [-0.39, 0.29) is 4.75 Å². The fourth-order valence-corrected chi connectivity index (χ4v) is 1.65. The Labute approximate surface area is 85.2 Å². The van der Waals surface area contributed by atoms with Crippen molar-refractivity contribution in [3.05, 3.63) is 0 Å². The van der Waals surface area contributed by atoms with E-state index in [0.29, 0.717) is 0 Å². The normalized spacial score (nSPS) is 12.0. The van der Waals surface area contributed by atoms with Crippen LogP contribution < -0.4 is 0 Å². The maximum absolute atomic E-state index is 4.47. The van der Waals surface area contributed by atoms with Crippen LogP contribution >= 0.6 is 50.5 Å². The van der Waals surface area contributed by atoms with Crippen molar-refractivity contribution in [2.45, 2.75) is 17.6 Å². The summed E-state index contributed by atoms with van der Waals surface area (Å²) >= 11 is 17.0. The molecule has 0 aromatic rings. The summed E-state index contributed by atoms with van der Waals surface area (Å²) in [6.07, 6.45) is 2.14. The maximum atomic E-state index is 4.47. The Morgan fingerprint density at radius 2 is 1.50 bits per heavy atom. The Bertz CT molecular complexity index is 79.8. The molecular weight excluding hydrogens is 200 g/mol. The van der Waals surface area contributed by atoms with Crippen LogP contribution in [0.4, 0.5) is 0 Å². The van der Waals surface area contributed by atoms with Crippen molar-refractivity contribution in [2.75, 3.05) is 17.3 Å². The Morgan fingerprint density at radius 3 is 1.80 bits per heavy atom. The highest BCUT2D eigenvalue weighted by molar-refractivity contribution is 7.87. The lowest BCUT2D eigenvalue weighted by Crippen LogP contribution is -2.26. The van der Waals surface area contributed by atoms with E-state index in [1.807, 2.05) is 0 Å². The first-order valence-electron chi connectivity index (χ1n) is 3.23. The summed E-state index contributed by atoms with van der Waals surface area (Å²) < 4.78 is 0.00888. The fourth-order valence-electron chi connectivity index (χ4n) is 0.616. The van der Waals surface area contributed by atoms with Crippen molar-refractivity contribution in [3.8, 4) is 0 Å². The average molecular weight is 214 g/mol. The molecule has 0 bridgehead atoms. The molecule has 0 heterocycles. The molecule has 0 amide bonds. The third-order valence-electron chi connectivity index (χ3n) is 1.39. The molecule has 0 aliphatic carbocycles. The van der Waals surface area contributed by atoms with Crippen LogP contribution in [-0.2, 0) is 0 Å². The average Bonchev–Trinajstić information content (AvgIpc) is 2.00. The van der Waals surface area contributed by atoms with Gasteiger partial charge in [0.05, 0.1) is 0 Å². The molecule has 10 heavy (non-hydrogen) atoms. The van der Waals surface area contributed by atoms with Crippen molar-refractivity contribution >= 4 is 50.5 Å². The SMILES string of the molecule is SCCCC(S)(CS)CS. The molecule has 0 atom stereocenters. The quantitative estimate of drug-likeness (QED) is 0.496. The summed E-state index contributed by atoms with van der Waals surface area (Å²) in [5, 5.41) is 0. The first kappa shape index (κ1) is 11.4. The summed E-state index contributed by atoms with van der Waals surface area (Å²) in [6, 6.07) is 0. The summed E-state index contributed by atoms with van der Waals surface area (Å²) in [5.41, 5.74) is 0. The number of hydrogen-bond acceptors (Lipinski definition) is 4. The number of hydrogen-bond donors (Lipinski definition) is 4. The molecule has 0 spiro atoms. The van der Waals surface area contributed by atoms with Gasteiger partial charge < -0.3 is 0 Å². The van der Waals surface area contributed by atoms with Gasteiger partial charge in [0.1, 0.15) is 0 Å². The van der Waals surface area contributed by atoms with Gasteiger partial charge in [-0.1, -0.05) is 0 Å². The molecule has 0 rings (SSSR count). The molecule has 0 aromatic heterocycles. The molecule has 0 fully saturated rings. The monoisotopic (exact) mass is 214 g/mol. The molecule has 0 aliphatic heterocycles. The van der Waals surface area contributed by atoms with E-state index < -0.39 is 0 Å². The van der Waals surface area contributed by atoms with Crippen LogP contribution in [0.25, 0.3) is 0 Å². The van der Waals surface area contributed by atoms with Crippen LogP contribution in [0, 0.1) is 0 Å². The third kappa shape index (κ3) is 4.31. The topological polar surface area (TPSA) is 0 Å². The molecule has 4 heteroatoms. The van der Waals surface area contributed by atoms with Crippen LogP contribution in [-0.4, -0.2) is 22.0 Å². The molecular formula is C6H14S4. The van der Waals surface area contributed by atoms with Crippen LogP contribution in [0.2, 0.25) is 0 Å². The van der Waals surface area contributed by atoms with Crippen molar-refractivity contribution in [1.82, 2.24) is 0 Å². The Morgan fingerprint density at radius 1 is 1.00 bits per heavy atom. The lowest BCUT2D eigenvalue weighted by molar-refractivity contribution is 0.656. The summed E-state index contributed by atoms with van der Waals surface area (Å²) in [7, 11) is 0. The summed E-state index contributed by atoms with van der Waals surface area (Å²) in [5.74, 6) is 2.49. The van der Waals surface area contributed by atoms with Crippen molar-refractivity contribution in [2.24, 2.45) is 0 Å². The molecule has 0 aliphatic rings. The first-order chi connectivity index (χ1) is 4.68. The second-order valence-electron chi connectivity index (χ2n) is 2.37. The minimum absolute atomic E-state index is 0.00888. The Hall–Kier alpha value is 1.40. The third-order valence-corrected chi connectivity index (χ3v) is 3.95. The first-order valence-corrected chi connectivity index (χ1v) is 5.58. The van der Waals surface area contributed by atoms with Gasteiger partial charge in [-0.3, -0.25) is 0 Å². The van der Waals surface area contributed by atoms with Gasteiger partial charge in [-0.2, -0.15) is 50.5 Å². The van der Waals surface area contributed by atoms with Crippen LogP contribution in [0.5, 0.6) is 0 Å². The second-order valence-corrected chi connectivity index (χ2v) is 4.40. The van der Waals surface area contributed by atoms with Gasteiger partial charge in [-0.15, -0.1) is 0 Å². The highest BCUT2D eigenvalue weighted by Gasteiger charge is 2.20. The van der Waals surface area contributed by atoms with Crippen molar-refractivity contribution < 1.29 is 0 Å². The molecule has 0 saturated heterocycles. The highest BCUT2D eigenvalue weighted by atomic mass is 32.1. The van der Waals surface area contributed by atoms with E-state index in [1.54, 1.807) is 0 Å². The van der Waals surface area contributed by atoms with E-state index in [1.165, 1.54) is 0 Å². The van der Waals surface area contributed by atoms with E-state index >= 15 is 0 Å². The minimum atomic E-state index is 0.00888. The van der Waals surface area contributed by atoms with Crippen molar-refractivity contribution in [3.63, 3.8) is 0 Å². The van der Waals surface area contributed by atoms with E-state index in [0.717, 1.165) is 30.1 Å². The zero-order valence-corrected chi connectivity index (χ0v) is 9.40. The van der Waals surface area contributed by atoms with Crippen LogP contribution in [0.1, 0.15) is 12.8 Å². The van der Waals surface area contributed by atoms with Gasteiger partial charge in [-0.05, 0) is 18.6 Å². The van der Waals surface area contributed by atoms with Gasteiger partial charge in [0.2, 0.25) is 0 Å². The number of rotatable bonds is 5. The van der Waals surface area contributed by atoms with Gasteiger partial charge in [0, 0.05) is 16.3 Å². The molecule has 0 saturated carbocycles. The van der Waals surface area contributed by atoms with Gasteiger partial charge >= 0.3 is 0 Å². The summed E-state index contributed by atoms with van der Waals surface area (Å²) in [4.78, 5) is 0. The maximum Gasteiger partial charge on any atom is 0.0305 e. The second kappa shape index (κ2) is 5.98. The summed E-state index contributed by atoms with van der Waals surface area (Å²) in [6.45, 7) is 0. The van der Waals surface area contributed by atoms with Gasteiger partial charge in [-0.25, -0.2) is 0 Å². The molecule has 0 N–H and O–H groups in total. The minimum Gasteiger partial charge on any atom is -0.179 e. The van der Waals surface area contributed by atoms with Crippen molar-refractivity contribution in [1.29, 1.82) is 0 Å². The van der Waals surface area contributed by atoms with Gasteiger partial charge in [0.15, 0.2) is 0 Å². The lowest BCUT2D eigenvalue weighted by atomic mass is 10.1.